The van der Waals surface area contributed by atoms with Crippen molar-refractivity contribution in [1.82, 2.24) is 9.55 Å². The SMILES string of the molecule is CCc1nc2ccccc2n1-c1cccc(CNc2ccc3c(c2)OC[C@H]3OC(C)=O)c1C. The van der Waals surface area contributed by atoms with Crippen LogP contribution in [-0.4, -0.2) is 22.1 Å². The molecule has 0 amide bonds. The van der Waals surface area contributed by atoms with E-state index in [4.69, 9.17) is 14.5 Å². The zero-order valence-electron chi connectivity index (χ0n) is 19.1. The maximum atomic E-state index is 11.3. The number of fused-ring (bicyclic) bond motifs is 2. The summed E-state index contributed by atoms with van der Waals surface area (Å²) in [5.41, 5.74) is 7.60. The minimum absolute atomic E-state index is 0.300. The van der Waals surface area contributed by atoms with E-state index >= 15 is 0 Å². The fraction of sp³-hybridized carbons (Fsp3) is 0.259. The Hall–Kier alpha value is -3.80. The highest BCUT2D eigenvalue weighted by molar-refractivity contribution is 5.78. The van der Waals surface area contributed by atoms with Crippen molar-refractivity contribution in [3.8, 4) is 11.4 Å². The Kier molecular flexibility index (Phi) is 5.50. The number of esters is 1. The van der Waals surface area contributed by atoms with Gasteiger partial charge in [-0.25, -0.2) is 4.98 Å². The summed E-state index contributed by atoms with van der Waals surface area (Å²) in [5, 5.41) is 3.51. The number of hydrogen-bond donors (Lipinski definition) is 1. The fourth-order valence-electron chi connectivity index (χ4n) is 4.47. The van der Waals surface area contributed by atoms with E-state index in [1.165, 1.54) is 18.1 Å². The van der Waals surface area contributed by atoms with Crippen molar-refractivity contribution in [2.75, 3.05) is 11.9 Å². The lowest BCUT2D eigenvalue weighted by Gasteiger charge is -2.16. The molecular weight excluding hydrogens is 414 g/mol. The summed E-state index contributed by atoms with van der Waals surface area (Å²) >= 11 is 0. The minimum Gasteiger partial charge on any atom is -0.489 e. The van der Waals surface area contributed by atoms with Crippen LogP contribution in [0.4, 0.5) is 5.69 Å². The molecule has 2 heterocycles. The summed E-state index contributed by atoms with van der Waals surface area (Å²) in [5.74, 6) is 1.52. The second-order valence-corrected chi connectivity index (χ2v) is 8.28. The van der Waals surface area contributed by atoms with Gasteiger partial charge in [0, 0.05) is 37.2 Å². The van der Waals surface area contributed by atoms with E-state index in [0.717, 1.165) is 46.0 Å². The molecular formula is C27H27N3O3. The molecule has 3 aromatic carbocycles. The Labute approximate surface area is 193 Å². The van der Waals surface area contributed by atoms with Crippen LogP contribution in [0.2, 0.25) is 0 Å². The first-order chi connectivity index (χ1) is 16.0. The van der Waals surface area contributed by atoms with Crippen LogP contribution >= 0.6 is 0 Å². The van der Waals surface area contributed by atoms with Crippen molar-refractivity contribution in [2.45, 2.75) is 39.8 Å². The summed E-state index contributed by atoms with van der Waals surface area (Å²) < 4.78 is 13.3. The summed E-state index contributed by atoms with van der Waals surface area (Å²) in [4.78, 5) is 16.1. The van der Waals surface area contributed by atoms with Crippen LogP contribution in [0.3, 0.4) is 0 Å². The maximum absolute atomic E-state index is 11.3. The molecule has 1 aliphatic rings. The number of imidazole rings is 1. The molecule has 168 valence electrons. The number of carbonyl (C=O) groups excluding carboxylic acids is 1. The zero-order valence-corrected chi connectivity index (χ0v) is 19.1. The fourth-order valence-corrected chi connectivity index (χ4v) is 4.47. The Bertz CT molecular complexity index is 1340. The van der Waals surface area contributed by atoms with Crippen molar-refractivity contribution in [1.29, 1.82) is 0 Å². The molecule has 1 N–H and O–H groups in total. The van der Waals surface area contributed by atoms with E-state index in [1.54, 1.807) is 0 Å². The van der Waals surface area contributed by atoms with E-state index < -0.39 is 0 Å². The van der Waals surface area contributed by atoms with Crippen molar-refractivity contribution in [3.63, 3.8) is 0 Å². The molecule has 0 unspecified atom stereocenters. The third-order valence-corrected chi connectivity index (χ3v) is 6.15. The number of carbonyl (C=O) groups is 1. The molecule has 0 aliphatic carbocycles. The van der Waals surface area contributed by atoms with Crippen LogP contribution < -0.4 is 10.1 Å². The van der Waals surface area contributed by atoms with Crippen LogP contribution in [-0.2, 0) is 22.5 Å². The first-order valence-electron chi connectivity index (χ1n) is 11.3. The molecule has 4 aromatic rings. The van der Waals surface area contributed by atoms with Gasteiger partial charge in [-0.15, -0.1) is 0 Å². The third kappa shape index (κ3) is 3.93. The smallest absolute Gasteiger partial charge is 0.303 e. The Balaban J connectivity index is 1.40. The molecule has 1 atom stereocenters. The van der Waals surface area contributed by atoms with Gasteiger partial charge >= 0.3 is 5.97 Å². The molecule has 1 aromatic heterocycles. The van der Waals surface area contributed by atoms with Gasteiger partial charge in [0.2, 0.25) is 0 Å². The van der Waals surface area contributed by atoms with E-state index in [1.807, 2.05) is 24.3 Å². The lowest BCUT2D eigenvalue weighted by Crippen LogP contribution is -2.09. The highest BCUT2D eigenvalue weighted by atomic mass is 16.6. The van der Waals surface area contributed by atoms with Gasteiger partial charge in [0.15, 0.2) is 6.10 Å². The first-order valence-corrected chi connectivity index (χ1v) is 11.3. The second kappa shape index (κ2) is 8.62. The summed E-state index contributed by atoms with van der Waals surface area (Å²) in [6.07, 6.45) is 0.531. The molecule has 0 saturated carbocycles. The van der Waals surface area contributed by atoms with Gasteiger partial charge in [0.1, 0.15) is 18.2 Å². The molecule has 5 rings (SSSR count). The molecule has 6 nitrogen and oxygen atoms in total. The Morgan fingerprint density at radius 2 is 2.03 bits per heavy atom. The molecule has 33 heavy (non-hydrogen) atoms. The first kappa shape index (κ1) is 21.1. The van der Waals surface area contributed by atoms with E-state index in [9.17, 15) is 4.79 Å². The number of benzene rings is 3. The molecule has 0 saturated heterocycles. The van der Waals surface area contributed by atoms with Gasteiger partial charge in [-0.05, 0) is 48.4 Å². The Morgan fingerprint density at radius 3 is 2.85 bits per heavy atom. The average Bonchev–Trinajstić information content (AvgIpc) is 3.39. The van der Waals surface area contributed by atoms with Gasteiger partial charge < -0.3 is 14.8 Å². The minimum atomic E-state index is -0.330. The molecule has 0 radical (unpaired) electrons. The number of aromatic nitrogens is 2. The van der Waals surface area contributed by atoms with Crippen LogP contribution in [0.5, 0.6) is 5.75 Å². The molecule has 1 aliphatic heterocycles. The zero-order chi connectivity index (χ0) is 22.9. The van der Waals surface area contributed by atoms with Crippen molar-refractivity contribution < 1.29 is 14.3 Å². The largest absolute Gasteiger partial charge is 0.489 e. The summed E-state index contributed by atoms with van der Waals surface area (Å²) in [6.45, 7) is 6.76. The number of anilines is 1. The number of nitrogens with one attached hydrogen (secondary N) is 1. The average molecular weight is 442 g/mol. The third-order valence-electron chi connectivity index (χ3n) is 6.15. The molecule has 6 heteroatoms. The van der Waals surface area contributed by atoms with Gasteiger partial charge in [0.05, 0.1) is 16.7 Å². The highest BCUT2D eigenvalue weighted by Crippen LogP contribution is 2.37. The molecule has 0 spiro atoms. The van der Waals surface area contributed by atoms with Crippen LogP contribution in [0.25, 0.3) is 16.7 Å². The Morgan fingerprint density at radius 1 is 1.18 bits per heavy atom. The number of rotatable bonds is 6. The maximum Gasteiger partial charge on any atom is 0.303 e. The lowest BCUT2D eigenvalue weighted by atomic mass is 10.1. The summed E-state index contributed by atoms with van der Waals surface area (Å²) in [7, 11) is 0. The van der Waals surface area contributed by atoms with E-state index in [-0.39, 0.29) is 12.1 Å². The second-order valence-electron chi connectivity index (χ2n) is 8.28. The van der Waals surface area contributed by atoms with Gasteiger partial charge in [-0.1, -0.05) is 31.2 Å². The van der Waals surface area contributed by atoms with E-state index in [0.29, 0.717) is 13.2 Å². The highest BCUT2D eigenvalue weighted by Gasteiger charge is 2.26. The van der Waals surface area contributed by atoms with Crippen LogP contribution in [0.15, 0.2) is 60.7 Å². The standard InChI is InChI=1S/C27H27N3O3/c1-4-27-29-22-9-5-6-10-24(22)30(27)23-11-7-8-19(17(23)2)15-28-20-12-13-21-25(14-20)32-16-26(21)33-18(3)31/h5-14,26,28H,4,15-16H2,1-3H3/t26-/m1/s1. The van der Waals surface area contributed by atoms with Gasteiger partial charge in [-0.2, -0.15) is 0 Å². The van der Waals surface area contributed by atoms with E-state index in [2.05, 4.69) is 60.1 Å². The number of nitrogens with zero attached hydrogens (tertiary/aromatic N) is 2. The predicted octanol–water partition coefficient (Wildman–Crippen LogP) is 5.51. The van der Waals surface area contributed by atoms with Gasteiger partial charge in [-0.3, -0.25) is 9.36 Å². The quantitative estimate of drug-likeness (QED) is 0.400. The normalized spacial score (nSPS) is 14.7. The van der Waals surface area contributed by atoms with Crippen molar-refractivity contribution in [2.24, 2.45) is 0 Å². The summed E-state index contributed by atoms with van der Waals surface area (Å²) in [6, 6.07) is 20.6. The number of hydrogen-bond acceptors (Lipinski definition) is 5. The monoisotopic (exact) mass is 441 g/mol. The molecule has 0 fully saturated rings. The van der Waals surface area contributed by atoms with Crippen molar-refractivity contribution in [3.05, 3.63) is 83.2 Å². The number of ether oxygens (including phenoxy) is 2. The number of aryl methyl sites for hydroxylation is 1. The van der Waals surface area contributed by atoms with Crippen molar-refractivity contribution >= 4 is 22.7 Å². The van der Waals surface area contributed by atoms with Gasteiger partial charge in [0.25, 0.3) is 0 Å². The predicted molar refractivity (Wildman–Crippen MR) is 129 cm³/mol. The van der Waals surface area contributed by atoms with Crippen LogP contribution in [0, 0.1) is 6.92 Å². The van der Waals surface area contributed by atoms with Crippen LogP contribution in [0.1, 0.15) is 42.5 Å². The molecule has 0 bridgehead atoms. The lowest BCUT2D eigenvalue weighted by molar-refractivity contribution is -0.147. The number of para-hydroxylation sites is 2. The topological polar surface area (TPSA) is 65.4 Å².